The van der Waals surface area contributed by atoms with Crippen molar-refractivity contribution in [1.29, 1.82) is 0 Å². The van der Waals surface area contributed by atoms with Gasteiger partial charge in [0, 0.05) is 6.54 Å². The number of hydrogen-bond donors (Lipinski definition) is 0. The minimum atomic E-state index is 0.796. The first-order chi connectivity index (χ1) is 8.35. The van der Waals surface area contributed by atoms with Crippen LogP contribution in [-0.2, 0) is 24.5 Å². The molecule has 0 bridgehead atoms. The lowest BCUT2D eigenvalue weighted by Gasteiger charge is -2.22. The number of fused-ring (bicyclic) bond motifs is 1. The van der Waals surface area contributed by atoms with Gasteiger partial charge in [-0.3, -0.25) is 4.90 Å². The SMILES string of the molecule is CCCN(CCC)Cc1cccc2c1COC2. The number of rotatable bonds is 6. The second kappa shape index (κ2) is 6.18. The Kier molecular flexibility index (Phi) is 4.57. The molecule has 0 radical (unpaired) electrons. The van der Waals surface area contributed by atoms with Crippen molar-refractivity contribution in [3.05, 3.63) is 34.9 Å². The molecule has 0 unspecified atom stereocenters. The minimum Gasteiger partial charge on any atom is -0.372 e. The highest BCUT2D eigenvalue weighted by Crippen LogP contribution is 2.24. The van der Waals surface area contributed by atoms with E-state index in [0.717, 1.165) is 19.8 Å². The molecule has 2 rings (SSSR count). The summed E-state index contributed by atoms with van der Waals surface area (Å²) in [6.07, 6.45) is 2.46. The highest BCUT2D eigenvalue weighted by molar-refractivity contribution is 5.36. The first-order valence-corrected chi connectivity index (χ1v) is 6.74. The van der Waals surface area contributed by atoms with Crippen LogP contribution in [0.2, 0.25) is 0 Å². The predicted octanol–water partition coefficient (Wildman–Crippen LogP) is 3.34. The maximum absolute atomic E-state index is 5.54. The molecule has 1 aromatic rings. The van der Waals surface area contributed by atoms with E-state index in [1.807, 2.05) is 0 Å². The van der Waals surface area contributed by atoms with Gasteiger partial charge in [0.1, 0.15) is 0 Å². The van der Waals surface area contributed by atoms with E-state index in [1.54, 1.807) is 0 Å². The van der Waals surface area contributed by atoms with Gasteiger partial charge in [0.25, 0.3) is 0 Å². The van der Waals surface area contributed by atoms with Crippen LogP contribution in [0.25, 0.3) is 0 Å². The van der Waals surface area contributed by atoms with E-state index in [4.69, 9.17) is 4.74 Å². The van der Waals surface area contributed by atoms with E-state index in [9.17, 15) is 0 Å². The molecule has 0 atom stereocenters. The van der Waals surface area contributed by atoms with Crippen LogP contribution < -0.4 is 0 Å². The number of hydrogen-bond acceptors (Lipinski definition) is 2. The Morgan fingerprint density at radius 2 is 1.88 bits per heavy atom. The summed E-state index contributed by atoms with van der Waals surface area (Å²) in [5.41, 5.74) is 4.28. The average molecular weight is 233 g/mol. The molecular formula is C15H23NO. The van der Waals surface area contributed by atoms with Crippen LogP contribution in [0.4, 0.5) is 0 Å². The Morgan fingerprint density at radius 3 is 2.59 bits per heavy atom. The van der Waals surface area contributed by atoms with Crippen LogP contribution in [0.15, 0.2) is 18.2 Å². The topological polar surface area (TPSA) is 12.5 Å². The summed E-state index contributed by atoms with van der Waals surface area (Å²) >= 11 is 0. The van der Waals surface area contributed by atoms with Crippen LogP contribution >= 0.6 is 0 Å². The van der Waals surface area contributed by atoms with E-state index < -0.39 is 0 Å². The molecule has 2 heteroatoms. The molecule has 1 heterocycles. The molecule has 0 aliphatic carbocycles. The summed E-state index contributed by atoms with van der Waals surface area (Å²) in [4.78, 5) is 2.55. The molecule has 0 N–H and O–H groups in total. The van der Waals surface area contributed by atoms with Crippen LogP contribution in [-0.4, -0.2) is 18.0 Å². The highest BCUT2D eigenvalue weighted by atomic mass is 16.5. The smallest absolute Gasteiger partial charge is 0.0728 e. The fraction of sp³-hybridized carbons (Fsp3) is 0.600. The molecule has 1 aromatic carbocycles. The summed E-state index contributed by atoms with van der Waals surface area (Å²) in [5.74, 6) is 0. The first-order valence-electron chi connectivity index (χ1n) is 6.74. The second-order valence-corrected chi connectivity index (χ2v) is 4.82. The third kappa shape index (κ3) is 3.08. The molecule has 2 nitrogen and oxygen atoms in total. The standard InChI is InChI=1S/C15H23NO/c1-3-8-16(9-4-2)10-13-6-5-7-14-11-17-12-15(13)14/h5-7H,3-4,8-12H2,1-2H3. The number of nitrogens with zero attached hydrogens (tertiary/aromatic N) is 1. The van der Waals surface area contributed by atoms with Gasteiger partial charge in [0.05, 0.1) is 13.2 Å². The van der Waals surface area contributed by atoms with Gasteiger partial charge in [0.15, 0.2) is 0 Å². The summed E-state index contributed by atoms with van der Waals surface area (Å²) in [6.45, 7) is 9.57. The van der Waals surface area contributed by atoms with Crippen LogP contribution in [0.3, 0.4) is 0 Å². The summed E-state index contributed by atoms with van der Waals surface area (Å²) in [5, 5.41) is 0. The van der Waals surface area contributed by atoms with Gasteiger partial charge in [-0.05, 0) is 42.6 Å². The lowest BCUT2D eigenvalue weighted by molar-refractivity contribution is 0.133. The molecule has 0 fully saturated rings. The number of benzene rings is 1. The van der Waals surface area contributed by atoms with Crippen LogP contribution in [0.1, 0.15) is 43.4 Å². The van der Waals surface area contributed by atoms with E-state index in [2.05, 4.69) is 36.9 Å². The molecular weight excluding hydrogens is 210 g/mol. The Hall–Kier alpha value is -0.860. The van der Waals surface area contributed by atoms with Crippen molar-refractivity contribution in [1.82, 2.24) is 4.90 Å². The maximum atomic E-state index is 5.54. The van der Waals surface area contributed by atoms with Gasteiger partial charge < -0.3 is 4.74 Å². The molecule has 94 valence electrons. The van der Waals surface area contributed by atoms with E-state index in [0.29, 0.717) is 0 Å². The van der Waals surface area contributed by atoms with Gasteiger partial charge in [0.2, 0.25) is 0 Å². The zero-order valence-corrected chi connectivity index (χ0v) is 11.0. The predicted molar refractivity (Wildman–Crippen MR) is 70.8 cm³/mol. The number of ether oxygens (including phenoxy) is 1. The molecule has 0 amide bonds. The third-order valence-corrected chi connectivity index (χ3v) is 3.35. The van der Waals surface area contributed by atoms with Crippen molar-refractivity contribution in [2.75, 3.05) is 13.1 Å². The fourth-order valence-corrected chi connectivity index (χ4v) is 2.56. The molecule has 1 aliphatic rings. The van der Waals surface area contributed by atoms with Crippen molar-refractivity contribution >= 4 is 0 Å². The molecule has 0 saturated heterocycles. The zero-order valence-electron chi connectivity index (χ0n) is 11.0. The Balaban J connectivity index is 2.09. The molecule has 0 aromatic heterocycles. The molecule has 1 aliphatic heterocycles. The second-order valence-electron chi connectivity index (χ2n) is 4.82. The van der Waals surface area contributed by atoms with Gasteiger partial charge in [-0.2, -0.15) is 0 Å². The quantitative estimate of drug-likeness (QED) is 0.747. The summed E-state index contributed by atoms with van der Waals surface area (Å²) < 4.78 is 5.54. The van der Waals surface area contributed by atoms with Crippen molar-refractivity contribution < 1.29 is 4.74 Å². The third-order valence-electron chi connectivity index (χ3n) is 3.35. The van der Waals surface area contributed by atoms with Crippen LogP contribution in [0.5, 0.6) is 0 Å². The fourth-order valence-electron chi connectivity index (χ4n) is 2.56. The molecule has 17 heavy (non-hydrogen) atoms. The Labute approximate surface area is 105 Å². The molecule has 0 saturated carbocycles. The average Bonchev–Trinajstić information content (AvgIpc) is 2.79. The van der Waals surface area contributed by atoms with Crippen molar-refractivity contribution in [3.63, 3.8) is 0 Å². The first kappa shape index (κ1) is 12.6. The van der Waals surface area contributed by atoms with E-state index >= 15 is 0 Å². The Morgan fingerprint density at radius 1 is 1.12 bits per heavy atom. The monoisotopic (exact) mass is 233 g/mol. The zero-order chi connectivity index (χ0) is 12.1. The van der Waals surface area contributed by atoms with Gasteiger partial charge in [-0.1, -0.05) is 32.0 Å². The van der Waals surface area contributed by atoms with Gasteiger partial charge in [-0.25, -0.2) is 0 Å². The minimum absolute atomic E-state index is 0.796. The van der Waals surface area contributed by atoms with Crippen molar-refractivity contribution in [2.45, 2.75) is 46.4 Å². The summed E-state index contributed by atoms with van der Waals surface area (Å²) in [7, 11) is 0. The highest BCUT2D eigenvalue weighted by Gasteiger charge is 2.16. The van der Waals surface area contributed by atoms with Gasteiger partial charge in [-0.15, -0.1) is 0 Å². The molecule has 0 spiro atoms. The van der Waals surface area contributed by atoms with Gasteiger partial charge >= 0.3 is 0 Å². The van der Waals surface area contributed by atoms with E-state index in [-0.39, 0.29) is 0 Å². The summed E-state index contributed by atoms with van der Waals surface area (Å²) in [6, 6.07) is 6.61. The normalized spacial score (nSPS) is 14.3. The largest absolute Gasteiger partial charge is 0.372 e. The van der Waals surface area contributed by atoms with E-state index in [1.165, 1.54) is 42.6 Å². The maximum Gasteiger partial charge on any atom is 0.0728 e. The van der Waals surface area contributed by atoms with Crippen molar-refractivity contribution in [2.24, 2.45) is 0 Å². The Bertz CT molecular complexity index is 356. The lowest BCUT2D eigenvalue weighted by atomic mass is 10.0. The lowest BCUT2D eigenvalue weighted by Crippen LogP contribution is -2.25. The van der Waals surface area contributed by atoms with Crippen LogP contribution in [0, 0.1) is 0 Å². The van der Waals surface area contributed by atoms with Crippen molar-refractivity contribution in [3.8, 4) is 0 Å².